The molecular formula is C31H37N3O. The Morgan fingerprint density at radius 1 is 1.06 bits per heavy atom. The van der Waals surface area contributed by atoms with Crippen LogP contribution in [0.15, 0.2) is 77.3 Å². The molecule has 182 valence electrons. The molecule has 2 aromatic heterocycles. The van der Waals surface area contributed by atoms with Crippen LogP contribution in [-0.4, -0.2) is 15.7 Å². The van der Waals surface area contributed by atoms with E-state index >= 15 is 0 Å². The van der Waals surface area contributed by atoms with Crippen molar-refractivity contribution in [2.75, 3.05) is 0 Å². The summed E-state index contributed by atoms with van der Waals surface area (Å²) in [6, 6.07) is 16.8. The van der Waals surface area contributed by atoms with Crippen molar-refractivity contribution in [2.45, 2.75) is 77.2 Å². The van der Waals surface area contributed by atoms with Gasteiger partial charge in [-0.05, 0) is 67.0 Å². The Hall–Kier alpha value is -3.27. The van der Waals surface area contributed by atoms with Crippen LogP contribution in [0.1, 0.15) is 92.4 Å². The van der Waals surface area contributed by atoms with Gasteiger partial charge >= 0.3 is 0 Å². The first-order valence-electron chi connectivity index (χ1n) is 13.3. The molecule has 0 fully saturated rings. The minimum Gasteiger partial charge on any atom is -0.487 e. The van der Waals surface area contributed by atoms with Crippen molar-refractivity contribution in [3.8, 4) is 0 Å². The van der Waals surface area contributed by atoms with E-state index in [4.69, 9.17) is 9.73 Å². The van der Waals surface area contributed by atoms with Gasteiger partial charge in [0.2, 0.25) is 0 Å². The Bertz CT molecular complexity index is 1180. The summed E-state index contributed by atoms with van der Waals surface area (Å²) in [5, 5.41) is 0. The van der Waals surface area contributed by atoms with Gasteiger partial charge in [-0.25, -0.2) is 4.99 Å². The van der Waals surface area contributed by atoms with Crippen LogP contribution in [0.25, 0.3) is 6.08 Å². The van der Waals surface area contributed by atoms with E-state index in [1.165, 1.54) is 68.3 Å². The highest BCUT2D eigenvalue weighted by Gasteiger charge is 2.22. The minimum absolute atomic E-state index is 0.527. The lowest BCUT2D eigenvalue weighted by atomic mass is 9.87. The molecule has 5 rings (SSSR count). The second-order valence-electron chi connectivity index (χ2n) is 9.85. The van der Waals surface area contributed by atoms with Gasteiger partial charge in [-0.3, -0.25) is 0 Å². The number of allylic oxidation sites excluding steroid dienone is 1. The van der Waals surface area contributed by atoms with Crippen molar-refractivity contribution in [1.82, 2.24) is 9.97 Å². The smallest absolute Gasteiger partial charge is 0.147 e. The lowest BCUT2D eigenvalue weighted by molar-refractivity contribution is 0.208. The van der Waals surface area contributed by atoms with Gasteiger partial charge in [0.25, 0.3) is 0 Å². The van der Waals surface area contributed by atoms with Crippen molar-refractivity contribution in [3.05, 3.63) is 100 Å². The Labute approximate surface area is 209 Å². The molecule has 1 atom stereocenters. The first-order chi connectivity index (χ1) is 17.3. The number of aliphatic imine (C=N–C) groups is 1. The molecule has 1 unspecified atom stereocenters. The third-order valence-corrected chi connectivity index (χ3v) is 7.18. The second kappa shape index (κ2) is 11.4. The number of aromatic nitrogens is 2. The standard InChI is InChI=1S/C31H37N3O/c1-2-3-14-24-15-9-4-5-10-16-25-19-26(24)28(33-25)20-30-31(35-22-23-12-7-6-8-13-23)21-29(34-30)27-17-11-18-32-27/h6-8,11-13,17-21,24,32-33H,2-5,9-10,14-16,22H2,1H3/b30-20-. The molecule has 4 heteroatoms. The van der Waals surface area contributed by atoms with E-state index < -0.39 is 0 Å². The van der Waals surface area contributed by atoms with Crippen molar-refractivity contribution in [2.24, 2.45) is 4.99 Å². The summed E-state index contributed by atoms with van der Waals surface area (Å²) >= 11 is 0. The number of nitrogens with one attached hydrogen (secondary N) is 2. The third kappa shape index (κ3) is 5.87. The number of hydrogen-bond acceptors (Lipinski definition) is 2. The molecule has 2 aliphatic rings. The minimum atomic E-state index is 0.527. The normalized spacial score (nSPS) is 19.5. The van der Waals surface area contributed by atoms with Crippen molar-refractivity contribution >= 4 is 11.8 Å². The van der Waals surface area contributed by atoms with E-state index in [-0.39, 0.29) is 0 Å². The maximum Gasteiger partial charge on any atom is 0.147 e. The Morgan fingerprint density at radius 3 is 2.77 bits per heavy atom. The number of H-pyrrole nitrogens is 2. The maximum absolute atomic E-state index is 6.33. The maximum atomic E-state index is 6.33. The van der Waals surface area contributed by atoms with Crippen LogP contribution in [0.2, 0.25) is 0 Å². The largest absolute Gasteiger partial charge is 0.487 e. The molecule has 0 saturated heterocycles. The number of fused-ring (bicyclic) bond motifs is 2. The molecule has 1 aliphatic carbocycles. The summed E-state index contributed by atoms with van der Waals surface area (Å²) in [5.74, 6) is 1.44. The van der Waals surface area contributed by atoms with Crippen molar-refractivity contribution in [3.63, 3.8) is 0 Å². The van der Waals surface area contributed by atoms with Gasteiger partial charge in [0.15, 0.2) is 0 Å². The number of aromatic amines is 2. The Morgan fingerprint density at radius 2 is 1.94 bits per heavy atom. The molecule has 3 aromatic rings. The first-order valence-corrected chi connectivity index (χ1v) is 13.3. The Kier molecular flexibility index (Phi) is 7.67. The molecule has 1 aliphatic heterocycles. The van der Waals surface area contributed by atoms with E-state index in [1.807, 2.05) is 18.3 Å². The monoisotopic (exact) mass is 467 g/mol. The van der Waals surface area contributed by atoms with Crippen LogP contribution >= 0.6 is 0 Å². The molecule has 2 N–H and O–H groups in total. The molecule has 3 heterocycles. The van der Waals surface area contributed by atoms with Gasteiger partial charge in [-0.2, -0.15) is 0 Å². The highest BCUT2D eigenvalue weighted by Crippen LogP contribution is 2.35. The van der Waals surface area contributed by atoms with Crippen molar-refractivity contribution in [1.29, 1.82) is 0 Å². The first kappa shape index (κ1) is 23.5. The van der Waals surface area contributed by atoms with Crippen LogP contribution in [0.3, 0.4) is 0 Å². The van der Waals surface area contributed by atoms with Crippen molar-refractivity contribution < 1.29 is 4.74 Å². The average Bonchev–Trinajstić information content (AvgIpc) is 3.63. The summed E-state index contributed by atoms with van der Waals surface area (Å²) in [4.78, 5) is 12.1. The number of rotatable bonds is 8. The van der Waals surface area contributed by atoms with Gasteiger partial charge in [0.1, 0.15) is 18.1 Å². The Balaban J connectivity index is 1.48. The zero-order chi connectivity index (χ0) is 23.9. The fourth-order valence-corrected chi connectivity index (χ4v) is 5.24. The van der Waals surface area contributed by atoms with E-state index in [1.54, 1.807) is 0 Å². The number of benzene rings is 1. The molecule has 4 nitrogen and oxygen atoms in total. The van der Waals surface area contributed by atoms with E-state index in [9.17, 15) is 0 Å². The molecule has 0 radical (unpaired) electrons. The average molecular weight is 468 g/mol. The number of hydrogen-bond donors (Lipinski definition) is 2. The molecule has 0 amide bonds. The van der Waals surface area contributed by atoms with Crippen LogP contribution in [0.5, 0.6) is 0 Å². The van der Waals surface area contributed by atoms with Crippen LogP contribution in [0, 0.1) is 0 Å². The summed E-state index contributed by atoms with van der Waals surface area (Å²) in [5.41, 5.74) is 8.01. The fraction of sp³-hybridized carbons (Fsp3) is 0.387. The number of ether oxygens (including phenoxy) is 1. The molecule has 35 heavy (non-hydrogen) atoms. The lowest BCUT2D eigenvalue weighted by Gasteiger charge is -2.17. The van der Waals surface area contributed by atoms with Gasteiger partial charge in [0, 0.05) is 23.7 Å². The van der Waals surface area contributed by atoms with Crippen LogP contribution in [-0.2, 0) is 17.8 Å². The number of aryl methyl sites for hydroxylation is 1. The highest BCUT2D eigenvalue weighted by molar-refractivity contribution is 6.11. The van der Waals surface area contributed by atoms with Crippen LogP contribution in [0.4, 0.5) is 0 Å². The van der Waals surface area contributed by atoms with Crippen LogP contribution < -0.4 is 0 Å². The topological polar surface area (TPSA) is 53.2 Å². The number of unbranched alkanes of at least 4 members (excludes halogenated alkanes) is 1. The SMILES string of the molecule is CCCCC1CCCCCCc2cc1c(/C=C1\N=C(c3ccc[nH]3)C=C1OCc1ccccc1)[nH]2. The molecule has 1 aromatic carbocycles. The zero-order valence-corrected chi connectivity index (χ0v) is 20.9. The summed E-state index contributed by atoms with van der Waals surface area (Å²) in [6.45, 7) is 2.82. The predicted octanol–water partition coefficient (Wildman–Crippen LogP) is 8.07. The van der Waals surface area contributed by atoms with Gasteiger partial charge in [-0.15, -0.1) is 0 Å². The van der Waals surface area contributed by atoms with Gasteiger partial charge in [0.05, 0.1) is 11.4 Å². The summed E-state index contributed by atoms with van der Waals surface area (Å²) in [6.07, 6.45) is 17.7. The summed E-state index contributed by atoms with van der Waals surface area (Å²) < 4.78 is 6.33. The van der Waals surface area contributed by atoms with E-state index in [0.29, 0.717) is 12.5 Å². The zero-order valence-electron chi connectivity index (χ0n) is 20.9. The van der Waals surface area contributed by atoms with E-state index in [0.717, 1.165) is 34.8 Å². The quantitative estimate of drug-likeness (QED) is 0.346. The third-order valence-electron chi connectivity index (χ3n) is 7.18. The van der Waals surface area contributed by atoms with Gasteiger partial charge in [-0.1, -0.05) is 69.4 Å². The molecule has 0 spiro atoms. The fourth-order valence-electron chi connectivity index (χ4n) is 5.24. The lowest BCUT2D eigenvalue weighted by Crippen LogP contribution is -2.01. The summed E-state index contributed by atoms with van der Waals surface area (Å²) in [7, 11) is 0. The molecular weight excluding hydrogens is 430 g/mol. The number of nitrogens with zero attached hydrogens (tertiary/aromatic N) is 1. The second-order valence-corrected chi connectivity index (χ2v) is 9.85. The van der Waals surface area contributed by atoms with Gasteiger partial charge < -0.3 is 14.7 Å². The molecule has 0 saturated carbocycles. The van der Waals surface area contributed by atoms with E-state index in [2.05, 4.69) is 65.4 Å². The highest BCUT2D eigenvalue weighted by atomic mass is 16.5. The molecule has 2 bridgehead atoms. The predicted molar refractivity (Wildman–Crippen MR) is 144 cm³/mol.